The molecule has 1 atom stereocenters. The van der Waals surface area contributed by atoms with Crippen molar-refractivity contribution in [3.63, 3.8) is 0 Å². The second kappa shape index (κ2) is 15.5. The van der Waals surface area contributed by atoms with Crippen LogP contribution in [0.5, 0.6) is 0 Å². The van der Waals surface area contributed by atoms with Crippen molar-refractivity contribution in [2.24, 2.45) is 7.05 Å². The molecule has 3 aliphatic heterocycles. The Kier molecular flexibility index (Phi) is 10.3. The summed E-state index contributed by atoms with van der Waals surface area (Å²) in [5, 5.41) is 0. The Labute approximate surface area is 330 Å². The van der Waals surface area contributed by atoms with Crippen molar-refractivity contribution < 1.29 is 14.4 Å². The van der Waals surface area contributed by atoms with Crippen molar-refractivity contribution in [3.05, 3.63) is 142 Å². The Morgan fingerprint density at radius 1 is 0.732 bits per heavy atom. The molecule has 9 nitrogen and oxygen atoms in total. The molecule has 3 aliphatic rings. The first-order chi connectivity index (χ1) is 27.1. The number of fused-ring (bicyclic) bond motifs is 2. The first-order valence-corrected chi connectivity index (χ1v) is 19.9. The number of carbonyl (C=O) groups is 3. The summed E-state index contributed by atoms with van der Waals surface area (Å²) in [5.74, 6) is -0.0484. The molecule has 1 aromatic heterocycles. The van der Waals surface area contributed by atoms with Crippen LogP contribution in [0.15, 0.2) is 97.1 Å². The third-order valence-electron chi connectivity index (χ3n) is 12.4. The normalized spacial score (nSPS) is 17.0. The van der Waals surface area contributed by atoms with Gasteiger partial charge in [-0.05, 0) is 98.0 Å². The van der Waals surface area contributed by atoms with Crippen molar-refractivity contribution in [3.8, 4) is 11.3 Å². The fourth-order valence-electron chi connectivity index (χ4n) is 8.73. The van der Waals surface area contributed by atoms with Crippen LogP contribution in [0.3, 0.4) is 0 Å². The molecule has 1 saturated heterocycles. The molecule has 288 valence electrons. The number of anilines is 2. The summed E-state index contributed by atoms with van der Waals surface area (Å²) in [7, 11) is 5.92. The number of likely N-dealkylation sites (N-methyl/N-ethyl adjacent to an activating group) is 1. The lowest BCUT2D eigenvalue weighted by Crippen LogP contribution is -2.45. The Balaban J connectivity index is 1.13. The second-order valence-electron chi connectivity index (χ2n) is 15.9. The lowest BCUT2D eigenvalue weighted by atomic mass is 9.89. The minimum Gasteiger partial charge on any atom is -0.369 e. The van der Waals surface area contributed by atoms with Gasteiger partial charge < -0.3 is 29.1 Å². The molecule has 9 heteroatoms. The van der Waals surface area contributed by atoms with Crippen molar-refractivity contribution in [2.75, 3.05) is 56.6 Å². The number of hydrogen-bond acceptors (Lipinski definition) is 5. The van der Waals surface area contributed by atoms with E-state index in [1.807, 2.05) is 82.9 Å². The first-order valence-electron chi connectivity index (χ1n) is 19.9. The molecule has 0 bridgehead atoms. The van der Waals surface area contributed by atoms with Crippen LogP contribution in [-0.2, 0) is 44.2 Å². The van der Waals surface area contributed by atoms with E-state index in [2.05, 4.69) is 66.2 Å². The molecule has 3 amide bonds. The Bertz CT molecular complexity index is 2290. The number of nitrogens with zero attached hydrogens (tertiary/aromatic N) is 6. The van der Waals surface area contributed by atoms with Gasteiger partial charge in [-0.15, -0.1) is 0 Å². The highest BCUT2D eigenvalue weighted by Crippen LogP contribution is 2.36. The van der Waals surface area contributed by atoms with Gasteiger partial charge in [0.25, 0.3) is 11.8 Å². The van der Waals surface area contributed by atoms with Crippen LogP contribution < -0.4 is 9.80 Å². The van der Waals surface area contributed by atoms with Gasteiger partial charge in [-0.1, -0.05) is 60.7 Å². The standard InChI is InChI=1S/C47H52N6O3/c1-32-25-34-13-9-10-15-37(34)31-53(32)47(56)42-27-38-30-52(45(54)28-36-14-11-12-18-43(36)51-23-21-48(3)22-24-51)20-19-35(38)26-41(42)44-29-40(33(2)49(44)4)46(55)50(5)39-16-7-6-8-17-39/h6-18,26-27,29,32H,19-25,28,30-31H2,1-5H3/t32-/m1/s1. The number of aromatic nitrogens is 1. The molecule has 4 aromatic carbocycles. The maximum atomic E-state index is 14.9. The van der Waals surface area contributed by atoms with Gasteiger partial charge in [0.2, 0.25) is 5.91 Å². The lowest BCUT2D eigenvalue weighted by molar-refractivity contribution is -0.131. The molecule has 0 spiro atoms. The summed E-state index contributed by atoms with van der Waals surface area (Å²) in [6.45, 7) is 9.55. The average Bonchev–Trinajstić information content (AvgIpc) is 3.52. The number of para-hydroxylation sites is 2. The third-order valence-corrected chi connectivity index (χ3v) is 12.4. The molecule has 0 saturated carbocycles. The summed E-state index contributed by atoms with van der Waals surface area (Å²) < 4.78 is 2.04. The van der Waals surface area contributed by atoms with Crippen LogP contribution in [-0.4, -0.2) is 89.8 Å². The predicted molar refractivity (Wildman–Crippen MR) is 223 cm³/mol. The largest absolute Gasteiger partial charge is 0.369 e. The van der Waals surface area contributed by atoms with E-state index in [1.54, 1.807) is 11.9 Å². The summed E-state index contributed by atoms with van der Waals surface area (Å²) in [6, 6.07) is 32.5. The first kappa shape index (κ1) is 37.3. The molecule has 5 aromatic rings. The molecular weight excluding hydrogens is 697 g/mol. The van der Waals surface area contributed by atoms with Gasteiger partial charge in [0, 0.05) is 99.8 Å². The number of rotatable bonds is 7. The fourth-order valence-corrected chi connectivity index (χ4v) is 8.73. The topological polar surface area (TPSA) is 72.3 Å². The van der Waals surface area contributed by atoms with Crippen LogP contribution >= 0.6 is 0 Å². The number of carbonyl (C=O) groups excluding carboxylic acids is 3. The quantitative estimate of drug-likeness (QED) is 0.185. The smallest absolute Gasteiger partial charge is 0.259 e. The summed E-state index contributed by atoms with van der Waals surface area (Å²) >= 11 is 0. The average molecular weight is 749 g/mol. The van der Waals surface area contributed by atoms with Crippen molar-refractivity contribution in [2.45, 2.75) is 52.2 Å². The van der Waals surface area contributed by atoms with Gasteiger partial charge in [-0.25, -0.2) is 0 Å². The van der Waals surface area contributed by atoms with E-state index >= 15 is 0 Å². The molecule has 56 heavy (non-hydrogen) atoms. The number of amides is 3. The lowest BCUT2D eigenvalue weighted by Gasteiger charge is -2.36. The van der Waals surface area contributed by atoms with Crippen LogP contribution in [0.4, 0.5) is 11.4 Å². The van der Waals surface area contributed by atoms with Crippen molar-refractivity contribution in [1.82, 2.24) is 19.3 Å². The zero-order valence-electron chi connectivity index (χ0n) is 33.3. The van der Waals surface area contributed by atoms with E-state index in [4.69, 9.17) is 0 Å². The van der Waals surface area contributed by atoms with Crippen LogP contribution in [0, 0.1) is 6.92 Å². The van der Waals surface area contributed by atoms with E-state index in [-0.39, 0.29) is 23.8 Å². The van der Waals surface area contributed by atoms with Gasteiger partial charge in [0.1, 0.15) is 0 Å². The van der Waals surface area contributed by atoms with E-state index in [0.29, 0.717) is 43.6 Å². The summed E-state index contributed by atoms with van der Waals surface area (Å²) in [4.78, 5) is 53.3. The van der Waals surface area contributed by atoms with Gasteiger partial charge in [-0.2, -0.15) is 0 Å². The van der Waals surface area contributed by atoms with Gasteiger partial charge in [0.15, 0.2) is 0 Å². The molecule has 0 unspecified atom stereocenters. The van der Waals surface area contributed by atoms with Gasteiger partial charge in [0.05, 0.1) is 12.0 Å². The molecule has 4 heterocycles. The van der Waals surface area contributed by atoms with Crippen LogP contribution in [0.1, 0.15) is 61.2 Å². The SMILES string of the molecule is Cc1c(C(=O)N(C)c2ccccc2)cc(-c2cc3c(cc2C(=O)N2Cc4ccccc4C[C@H]2C)CN(C(=O)Cc2ccccc2N2CCN(C)CC2)CC3)n1C. The molecular formula is C47H52N6O3. The van der Waals surface area contributed by atoms with Crippen LogP contribution in [0.25, 0.3) is 11.3 Å². The summed E-state index contributed by atoms with van der Waals surface area (Å²) in [5.41, 5.74) is 11.2. The Morgan fingerprint density at radius 2 is 1.43 bits per heavy atom. The zero-order valence-corrected chi connectivity index (χ0v) is 33.3. The maximum Gasteiger partial charge on any atom is 0.259 e. The highest BCUT2D eigenvalue weighted by molar-refractivity contribution is 6.08. The monoisotopic (exact) mass is 748 g/mol. The maximum absolute atomic E-state index is 14.9. The zero-order chi connectivity index (χ0) is 39.1. The van der Waals surface area contributed by atoms with Gasteiger partial charge in [-0.3, -0.25) is 14.4 Å². The number of hydrogen-bond donors (Lipinski definition) is 0. The highest BCUT2D eigenvalue weighted by Gasteiger charge is 2.33. The van der Waals surface area contributed by atoms with Gasteiger partial charge >= 0.3 is 0 Å². The number of benzene rings is 4. The molecule has 8 rings (SSSR count). The molecule has 0 radical (unpaired) electrons. The fraction of sp³-hybridized carbons (Fsp3) is 0.340. The van der Waals surface area contributed by atoms with Crippen molar-refractivity contribution >= 4 is 29.1 Å². The second-order valence-corrected chi connectivity index (χ2v) is 15.9. The molecule has 0 N–H and O–H groups in total. The Hall–Kier alpha value is -5.67. The predicted octanol–water partition coefficient (Wildman–Crippen LogP) is 6.74. The Morgan fingerprint density at radius 3 is 2.20 bits per heavy atom. The number of piperazine rings is 1. The highest BCUT2D eigenvalue weighted by atomic mass is 16.2. The van der Waals surface area contributed by atoms with E-state index < -0.39 is 0 Å². The van der Waals surface area contributed by atoms with E-state index in [9.17, 15) is 14.4 Å². The molecule has 1 fully saturated rings. The minimum atomic E-state index is -0.106. The summed E-state index contributed by atoms with van der Waals surface area (Å²) in [6.07, 6.45) is 1.80. The molecule has 0 aliphatic carbocycles. The van der Waals surface area contributed by atoms with E-state index in [0.717, 1.165) is 77.6 Å². The third kappa shape index (κ3) is 7.12. The minimum absolute atomic E-state index is 0.00605. The van der Waals surface area contributed by atoms with Crippen LogP contribution in [0.2, 0.25) is 0 Å². The van der Waals surface area contributed by atoms with E-state index in [1.165, 1.54) is 11.1 Å². The van der Waals surface area contributed by atoms with Crippen molar-refractivity contribution in [1.29, 1.82) is 0 Å².